The third-order valence-electron chi connectivity index (χ3n) is 2.69. The van der Waals surface area contributed by atoms with Crippen LogP contribution in [0.1, 0.15) is 25.3 Å². The van der Waals surface area contributed by atoms with Gasteiger partial charge >= 0.3 is 0 Å². The fraction of sp³-hybridized carbons (Fsp3) is 0.429. The number of carbonyl (C=O) groups is 2. The van der Waals surface area contributed by atoms with Crippen LogP contribution in [0.2, 0.25) is 0 Å². The Morgan fingerprint density at radius 2 is 1.89 bits per heavy atom. The van der Waals surface area contributed by atoms with E-state index in [0.29, 0.717) is 25.9 Å². The van der Waals surface area contributed by atoms with Gasteiger partial charge in [-0.1, -0.05) is 12.1 Å². The quantitative estimate of drug-likeness (QED) is 0.678. The van der Waals surface area contributed by atoms with Gasteiger partial charge in [0.2, 0.25) is 5.91 Å². The SMILES string of the molecule is CC(=O)CCCOc1ccc(CC(N)C(N)=O)cc1. The predicted octanol–water partition coefficient (Wildman–Crippen LogP) is 0.790. The highest BCUT2D eigenvalue weighted by Crippen LogP contribution is 2.13. The number of primary amides is 1. The number of carbonyl (C=O) groups excluding carboxylic acids is 2. The summed E-state index contributed by atoms with van der Waals surface area (Å²) in [6.07, 6.45) is 1.66. The Labute approximate surface area is 112 Å². The molecule has 0 saturated heterocycles. The highest BCUT2D eigenvalue weighted by Gasteiger charge is 2.09. The van der Waals surface area contributed by atoms with Gasteiger partial charge in [-0.05, 0) is 37.5 Å². The smallest absolute Gasteiger partial charge is 0.234 e. The number of Topliss-reactive ketones (excluding diaryl/α,β-unsaturated/α-hetero) is 1. The second kappa shape index (κ2) is 7.53. The topological polar surface area (TPSA) is 95.4 Å². The summed E-state index contributed by atoms with van der Waals surface area (Å²) in [6.45, 7) is 2.08. The molecule has 0 aromatic heterocycles. The lowest BCUT2D eigenvalue weighted by Crippen LogP contribution is -2.38. The van der Waals surface area contributed by atoms with Crippen molar-refractivity contribution in [3.8, 4) is 5.75 Å². The first kappa shape index (κ1) is 15.2. The summed E-state index contributed by atoms with van der Waals surface area (Å²) in [6, 6.07) is 6.67. The third kappa shape index (κ3) is 6.01. The Balaban J connectivity index is 2.39. The highest BCUT2D eigenvalue weighted by atomic mass is 16.5. The van der Waals surface area contributed by atoms with E-state index in [4.69, 9.17) is 16.2 Å². The van der Waals surface area contributed by atoms with Crippen molar-refractivity contribution in [1.29, 1.82) is 0 Å². The van der Waals surface area contributed by atoms with Gasteiger partial charge in [0.15, 0.2) is 0 Å². The Hall–Kier alpha value is -1.88. The second-order valence-electron chi connectivity index (χ2n) is 4.51. The summed E-state index contributed by atoms with van der Waals surface area (Å²) in [5.74, 6) is 0.392. The molecule has 5 nitrogen and oxygen atoms in total. The molecule has 0 fully saturated rings. The van der Waals surface area contributed by atoms with Gasteiger partial charge in [0.05, 0.1) is 12.6 Å². The van der Waals surface area contributed by atoms with Gasteiger partial charge in [-0.25, -0.2) is 0 Å². The number of hydrogen-bond acceptors (Lipinski definition) is 4. The number of nitrogens with two attached hydrogens (primary N) is 2. The average molecular weight is 264 g/mol. The summed E-state index contributed by atoms with van der Waals surface area (Å²) in [5, 5.41) is 0. The van der Waals surface area contributed by atoms with Crippen LogP contribution in [0.4, 0.5) is 0 Å². The van der Waals surface area contributed by atoms with Crippen molar-refractivity contribution in [2.24, 2.45) is 11.5 Å². The van der Waals surface area contributed by atoms with E-state index in [-0.39, 0.29) is 5.78 Å². The Morgan fingerprint density at radius 1 is 1.26 bits per heavy atom. The van der Waals surface area contributed by atoms with Crippen molar-refractivity contribution in [2.75, 3.05) is 6.61 Å². The molecule has 0 bridgehead atoms. The summed E-state index contributed by atoms with van der Waals surface area (Å²) in [7, 11) is 0. The van der Waals surface area contributed by atoms with Crippen LogP contribution in [0.5, 0.6) is 5.75 Å². The van der Waals surface area contributed by atoms with E-state index >= 15 is 0 Å². The van der Waals surface area contributed by atoms with Crippen LogP contribution in [-0.2, 0) is 16.0 Å². The number of benzene rings is 1. The van der Waals surface area contributed by atoms with Crippen LogP contribution < -0.4 is 16.2 Å². The number of hydrogen-bond donors (Lipinski definition) is 2. The standard InChI is InChI=1S/C14H20N2O3/c1-10(17)3-2-8-19-12-6-4-11(5-7-12)9-13(15)14(16)18/h4-7,13H,2-3,8-9,15H2,1H3,(H2,16,18). The molecule has 0 spiro atoms. The molecule has 1 aromatic rings. The summed E-state index contributed by atoms with van der Waals surface area (Å²) >= 11 is 0. The van der Waals surface area contributed by atoms with Crippen LogP contribution in [-0.4, -0.2) is 24.3 Å². The molecule has 0 aliphatic carbocycles. The summed E-state index contributed by atoms with van der Waals surface area (Å²) in [5.41, 5.74) is 11.6. The largest absolute Gasteiger partial charge is 0.494 e. The molecule has 0 saturated carbocycles. The lowest BCUT2D eigenvalue weighted by atomic mass is 10.1. The molecule has 19 heavy (non-hydrogen) atoms. The average Bonchev–Trinajstić information content (AvgIpc) is 2.36. The molecule has 0 aliphatic heterocycles. The molecule has 1 aromatic carbocycles. The van der Waals surface area contributed by atoms with Gasteiger partial charge in [0.25, 0.3) is 0 Å². The fourth-order valence-corrected chi connectivity index (χ4v) is 1.59. The molecule has 104 valence electrons. The lowest BCUT2D eigenvalue weighted by Gasteiger charge is -2.09. The van der Waals surface area contributed by atoms with Gasteiger partial charge in [-0.3, -0.25) is 4.79 Å². The minimum Gasteiger partial charge on any atom is -0.494 e. The van der Waals surface area contributed by atoms with Crippen LogP contribution in [0.15, 0.2) is 24.3 Å². The van der Waals surface area contributed by atoms with Crippen LogP contribution in [0, 0.1) is 0 Å². The van der Waals surface area contributed by atoms with Crippen molar-refractivity contribution in [3.05, 3.63) is 29.8 Å². The maximum atomic E-state index is 10.8. The second-order valence-corrected chi connectivity index (χ2v) is 4.51. The van der Waals surface area contributed by atoms with Gasteiger partial charge in [-0.2, -0.15) is 0 Å². The Bertz CT molecular complexity index is 429. The first-order chi connectivity index (χ1) is 8.99. The maximum Gasteiger partial charge on any atom is 0.234 e. The minimum absolute atomic E-state index is 0.166. The molecule has 5 heteroatoms. The molecule has 0 heterocycles. The number of rotatable bonds is 8. The lowest BCUT2D eigenvalue weighted by molar-refractivity contribution is -0.119. The predicted molar refractivity (Wildman–Crippen MR) is 72.7 cm³/mol. The first-order valence-electron chi connectivity index (χ1n) is 6.25. The van der Waals surface area contributed by atoms with Crippen LogP contribution >= 0.6 is 0 Å². The monoisotopic (exact) mass is 264 g/mol. The van der Waals surface area contributed by atoms with E-state index in [1.807, 2.05) is 24.3 Å². The summed E-state index contributed by atoms with van der Waals surface area (Å²) in [4.78, 5) is 21.6. The first-order valence-corrected chi connectivity index (χ1v) is 6.25. The van der Waals surface area contributed by atoms with Crippen molar-refractivity contribution in [1.82, 2.24) is 0 Å². The molecule has 1 unspecified atom stereocenters. The fourth-order valence-electron chi connectivity index (χ4n) is 1.59. The zero-order valence-electron chi connectivity index (χ0n) is 11.1. The molecule has 0 radical (unpaired) electrons. The molecule has 1 rings (SSSR count). The molecule has 4 N–H and O–H groups in total. The number of amides is 1. The molecule has 1 amide bonds. The van der Waals surface area contributed by atoms with E-state index in [9.17, 15) is 9.59 Å². The van der Waals surface area contributed by atoms with E-state index < -0.39 is 11.9 Å². The van der Waals surface area contributed by atoms with Crippen molar-refractivity contribution < 1.29 is 14.3 Å². The number of ether oxygens (including phenoxy) is 1. The van der Waals surface area contributed by atoms with Gasteiger partial charge in [-0.15, -0.1) is 0 Å². The van der Waals surface area contributed by atoms with Gasteiger partial charge in [0, 0.05) is 6.42 Å². The molecular formula is C14H20N2O3. The van der Waals surface area contributed by atoms with E-state index in [2.05, 4.69) is 0 Å². The molecule has 1 atom stereocenters. The highest BCUT2D eigenvalue weighted by molar-refractivity contribution is 5.79. The Kier molecular flexibility index (Phi) is 6.02. The van der Waals surface area contributed by atoms with E-state index in [1.54, 1.807) is 6.92 Å². The molecule has 0 aliphatic rings. The summed E-state index contributed by atoms with van der Waals surface area (Å²) < 4.78 is 5.49. The van der Waals surface area contributed by atoms with E-state index in [1.165, 1.54) is 0 Å². The van der Waals surface area contributed by atoms with Crippen LogP contribution in [0.3, 0.4) is 0 Å². The van der Waals surface area contributed by atoms with E-state index in [0.717, 1.165) is 11.3 Å². The van der Waals surface area contributed by atoms with Crippen molar-refractivity contribution in [3.63, 3.8) is 0 Å². The zero-order valence-corrected chi connectivity index (χ0v) is 11.1. The third-order valence-corrected chi connectivity index (χ3v) is 2.69. The number of ketones is 1. The van der Waals surface area contributed by atoms with Crippen molar-refractivity contribution in [2.45, 2.75) is 32.2 Å². The van der Waals surface area contributed by atoms with Gasteiger partial charge < -0.3 is 21.0 Å². The zero-order chi connectivity index (χ0) is 14.3. The minimum atomic E-state index is -0.665. The molecular weight excluding hydrogens is 244 g/mol. The van der Waals surface area contributed by atoms with Crippen LogP contribution in [0.25, 0.3) is 0 Å². The van der Waals surface area contributed by atoms with Crippen molar-refractivity contribution >= 4 is 11.7 Å². The maximum absolute atomic E-state index is 10.8. The normalized spacial score (nSPS) is 11.9. The van der Waals surface area contributed by atoms with Gasteiger partial charge in [0.1, 0.15) is 11.5 Å². The Morgan fingerprint density at radius 3 is 2.42 bits per heavy atom.